The number of carbonyl (C=O) groups is 1. The number of azo groups is 1. The summed E-state index contributed by atoms with van der Waals surface area (Å²) >= 11 is 3.41. The second kappa shape index (κ2) is 9.11. The summed E-state index contributed by atoms with van der Waals surface area (Å²) in [5, 5.41) is 21.6. The Morgan fingerprint density at radius 2 is 2.00 bits per heavy atom. The lowest BCUT2D eigenvalue weighted by atomic mass is 10.2. The van der Waals surface area contributed by atoms with Gasteiger partial charge in [-0.2, -0.15) is 5.11 Å². The highest BCUT2D eigenvalue weighted by atomic mass is 79.9. The van der Waals surface area contributed by atoms with Gasteiger partial charge in [0.25, 0.3) is 5.69 Å². The van der Waals surface area contributed by atoms with E-state index in [1.165, 1.54) is 24.3 Å². The van der Waals surface area contributed by atoms with Crippen LogP contribution in [-0.2, 0) is 4.74 Å². The van der Waals surface area contributed by atoms with E-state index in [9.17, 15) is 14.9 Å². The molecular formula is C19H15BrN4O5. The van der Waals surface area contributed by atoms with Gasteiger partial charge in [-0.3, -0.25) is 15.4 Å². The Labute approximate surface area is 174 Å². The van der Waals surface area contributed by atoms with Crippen LogP contribution in [0.4, 0.5) is 21.9 Å². The van der Waals surface area contributed by atoms with Gasteiger partial charge in [0.05, 0.1) is 16.9 Å². The number of hydrogen-bond donors (Lipinski definition) is 1. The van der Waals surface area contributed by atoms with Crippen LogP contribution in [0.15, 0.2) is 81.3 Å². The molecule has 2 aromatic carbocycles. The normalized spacial score (nSPS) is 15.9. The molecule has 0 fully saturated rings. The fourth-order valence-electron chi connectivity index (χ4n) is 2.33. The van der Waals surface area contributed by atoms with Gasteiger partial charge in [-0.15, -0.1) is 5.11 Å². The quantitative estimate of drug-likeness (QED) is 0.343. The van der Waals surface area contributed by atoms with Crippen LogP contribution in [0.5, 0.6) is 5.75 Å². The number of rotatable bonds is 5. The van der Waals surface area contributed by atoms with Crippen LogP contribution < -0.4 is 10.1 Å². The summed E-state index contributed by atoms with van der Waals surface area (Å²) in [5.41, 5.74) is 1.52. The van der Waals surface area contributed by atoms with E-state index in [4.69, 9.17) is 9.47 Å². The van der Waals surface area contributed by atoms with E-state index in [1.54, 1.807) is 36.6 Å². The molecule has 1 atom stereocenters. The molecule has 148 valence electrons. The van der Waals surface area contributed by atoms with Gasteiger partial charge in [-0.25, -0.2) is 4.79 Å². The molecular weight excluding hydrogens is 444 g/mol. The average Bonchev–Trinajstić information content (AvgIpc) is 2.68. The molecule has 1 N–H and O–H groups in total. The first-order valence-electron chi connectivity index (χ1n) is 8.39. The monoisotopic (exact) mass is 458 g/mol. The minimum atomic E-state index is -0.738. The topological polar surface area (TPSA) is 115 Å². The molecule has 0 spiro atoms. The average molecular weight is 459 g/mol. The van der Waals surface area contributed by atoms with Crippen molar-refractivity contribution < 1.29 is 19.2 Å². The summed E-state index contributed by atoms with van der Waals surface area (Å²) in [5.74, 6) is 0.181. The lowest BCUT2D eigenvalue weighted by Crippen LogP contribution is -2.16. The van der Waals surface area contributed by atoms with Crippen LogP contribution in [0.25, 0.3) is 0 Å². The van der Waals surface area contributed by atoms with Crippen LogP contribution >= 0.6 is 15.9 Å². The molecule has 0 aliphatic carbocycles. The third-order valence-electron chi connectivity index (χ3n) is 3.75. The maximum absolute atomic E-state index is 12.0. The molecule has 1 unspecified atom stereocenters. The van der Waals surface area contributed by atoms with E-state index in [0.717, 1.165) is 4.48 Å². The zero-order chi connectivity index (χ0) is 20.8. The standard InChI is InChI=1S/C19H15BrN4O5/c1-12-18(17(20)9-10-28-12)23-22-14-4-2-3-13(11-14)21-19(25)29-16-7-5-15(6-8-16)24(26)27/h2-12H,1H3,(H,21,25). The molecule has 1 heterocycles. The lowest BCUT2D eigenvalue weighted by molar-refractivity contribution is -0.384. The molecule has 9 nitrogen and oxygen atoms in total. The van der Waals surface area contributed by atoms with Gasteiger partial charge in [0, 0.05) is 22.3 Å². The van der Waals surface area contributed by atoms with Crippen molar-refractivity contribution in [3.63, 3.8) is 0 Å². The Kier molecular flexibility index (Phi) is 6.35. The number of nitro benzene ring substituents is 1. The number of anilines is 1. The summed E-state index contributed by atoms with van der Waals surface area (Å²) in [6.07, 6.45) is 2.34. The number of hydrogen-bond acceptors (Lipinski definition) is 7. The zero-order valence-electron chi connectivity index (χ0n) is 15.1. The van der Waals surface area contributed by atoms with Crippen LogP contribution in [-0.4, -0.2) is 17.1 Å². The molecule has 1 aliphatic heterocycles. The number of nitrogens with one attached hydrogen (secondary N) is 1. The van der Waals surface area contributed by atoms with Gasteiger partial charge < -0.3 is 9.47 Å². The first-order chi connectivity index (χ1) is 13.9. The number of benzene rings is 2. The number of allylic oxidation sites excluding steroid dienone is 2. The van der Waals surface area contributed by atoms with E-state index in [1.807, 2.05) is 6.92 Å². The SMILES string of the molecule is CC1OC=CC(Br)=C1N=Nc1cccc(NC(=O)Oc2ccc([N+](=O)[O-])cc2)c1. The fraction of sp³-hybridized carbons (Fsp3) is 0.105. The van der Waals surface area contributed by atoms with Crippen molar-refractivity contribution in [3.8, 4) is 5.75 Å². The van der Waals surface area contributed by atoms with Gasteiger partial charge in [-0.05, 0) is 59.3 Å². The van der Waals surface area contributed by atoms with Crippen molar-refractivity contribution in [2.24, 2.45) is 10.2 Å². The number of halogens is 1. The molecule has 1 aliphatic rings. The van der Waals surface area contributed by atoms with Gasteiger partial charge in [0.15, 0.2) is 0 Å². The highest BCUT2D eigenvalue weighted by Gasteiger charge is 2.15. The third kappa shape index (κ3) is 5.48. The third-order valence-corrected chi connectivity index (χ3v) is 4.42. The van der Waals surface area contributed by atoms with Crippen molar-refractivity contribution in [2.75, 3.05) is 5.32 Å². The number of nitro groups is 1. The van der Waals surface area contributed by atoms with Crippen molar-refractivity contribution in [1.82, 2.24) is 0 Å². The summed E-state index contributed by atoms with van der Waals surface area (Å²) in [4.78, 5) is 22.2. The van der Waals surface area contributed by atoms with Crippen LogP contribution in [0.3, 0.4) is 0 Å². The predicted molar refractivity (Wildman–Crippen MR) is 109 cm³/mol. The van der Waals surface area contributed by atoms with Gasteiger partial charge in [0.1, 0.15) is 17.6 Å². The molecule has 0 saturated heterocycles. The van der Waals surface area contributed by atoms with Crippen molar-refractivity contribution in [1.29, 1.82) is 0 Å². The highest BCUT2D eigenvalue weighted by Crippen LogP contribution is 2.27. The Bertz CT molecular complexity index is 1020. The predicted octanol–water partition coefficient (Wildman–Crippen LogP) is 5.83. The van der Waals surface area contributed by atoms with Crippen LogP contribution in [0.2, 0.25) is 0 Å². The highest BCUT2D eigenvalue weighted by molar-refractivity contribution is 9.11. The van der Waals surface area contributed by atoms with Gasteiger partial charge in [0.2, 0.25) is 0 Å². The maximum atomic E-state index is 12.0. The molecule has 29 heavy (non-hydrogen) atoms. The first-order valence-corrected chi connectivity index (χ1v) is 9.18. The smallest absolute Gasteiger partial charge is 0.417 e. The fourth-order valence-corrected chi connectivity index (χ4v) is 2.84. The molecule has 0 radical (unpaired) electrons. The number of carbonyl (C=O) groups excluding carboxylic acids is 1. The second-order valence-corrected chi connectivity index (χ2v) is 6.68. The van der Waals surface area contributed by atoms with Crippen molar-refractivity contribution in [2.45, 2.75) is 13.0 Å². The summed E-state index contributed by atoms with van der Waals surface area (Å²) in [7, 11) is 0. The molecule has 2 aromatic rings. The summed E-state index contributed by atoms with van der Waals surface area (Å²) < 4.78 is 11.3. The molecule has 3 rings (SSSR count). The maximum Gasteiger partial charge on any atom is 0.417 e. The van der Waals surface area contributed by atoms with Gasteiger partial charge >= 0.3 is 6.09 Å². The second-order valence-electron chi connectivity index (χ2n) is 5.83. The number of non-ortho nitro benzene ring substituents is 1. The minimum absolute atomic E-state index is 0.0919. The summed E-state index contributed by atoms with van der Waals surface area (Å²) in [6.45, 7) is 1.85. The lowest BCUT2D eigenvalue weighted by Gasteiger charge is -2.16. The number of ether oxygens (including phenoxy) is 2. The van der Waals surface area contributed by atoms with E-state index in [0.29, 0.717) is 17.1 Å². The first kappa shape index (κ1) is 20.2. The molecule has 10 heteroatoms. The van der Waals surface area contributed by atoms with Crippen molar-refractivity contribution in [3.05, 3.63) is 81.2 Å². The van der Waals surface area contributed by atoms with Crippen molar-refractivity contribution >= 4 is 39.1 Å². The zero-order valence-corrected chi connectivity index (χ0v) is 16.7. The van der Waals surface area contributed by atoms with Crippen LogP contribution in [0, 0.1) is 10.1 Å². The Balaban J connectivity index is 1.65. The van der Waals surface area contributed by atoms with E-state index in [-0.39, 0.29) is 17.5 Å². The molecule has 0 aromatic heterocycles. The van der Waals surface area contributed by atoms with E-state index >= 15 is 0 Å². The minimum Gasteiger partial charge on any atom is -0.492 e. The van der Waals surface area contributed by atoms with E-state index < -0.39 is 11.0 Å². The number of amides is 1. The summed E-state index contributed by atoms with van der Waals surface area (Å²) in [6, 6.07) is 11.9. The molecule has 1 amide bonds. The van der Waals surface area contributed by atoms with Gasteiger partial charge in [-0.1, -0.05) is 6.07 Å². The molecule has 0 bridgehead atoms. The van der Waals surface area contributed by atoms with E-state index in [2.05, 4.69) is 31.5 Å². The van der Waals surface area contributed by atoms with Crippen LogP contribution in [0.1, 0.15) is 6.92 Å². The Morgan fingerprint density at radius 3 is 2.69 bits per heavy atom. The Morgan fingerprint density at radius 1 is 1.24 bits per heavy atom. The Hall–Kier alpha value is -3.53. The number of nitrogens with zero attached hydrogens (tertiary/aromatic N) is 3. The largest absolute Gasteiger partial charge is 0.492 e. The molecule has 0 saturated carbocycles.